The second kappa shape index (κ2) is 3.52. The first-order valence-electron chi connectivity index (χ1n) is 3.31. The molecule has 1 nitrogen and oxygen atoms in total. The van der Waals surface area contributed by atoms with Crippen LogP contribution < -0.4 is 0 Å². The van der Waals surface area contributed by atoms with Gasteiger partial charge in [0.2, 0.25) is 0 Å². The zero-order valence-corrected chi connectivity index (χ0v) is 6.78. The molecular formula is C8H10OS. The molecule has 2 heteroatoms. The summed E-state index contributed by atoms with van der Waals surface area (Å²) in [4.78, 5) is 11.4. The van der Waals surface area contributed by atoms with Gasteiger partial charge in [0.05, 0.1) is 0 Å². The standard InChI is InChI=1S/C8H10OS/c1-7-4-6-10-8(7)3-2-5-9/h4-6H,2-3H2,1H3. The van der Waals surface area contributed by atoms with Crippen molar-refractivity contribution in [2.45, 2.75) is 19.8 Å². The Hall–Kier alpha value is -0.630. The molecule has 10 heavy (non-hydrogen) atoms. The van der Waals surface area contributed by atoms with Gasteiger partial charge in [-0.2, -0.15) is 0 Å². The van der Waals surface area contributed by atoms with Crippen molar-refractivity contribution in [2.24, 2.45) is 0 Å². The lowest BCUT2D eigenvalue weighted by Gasteiger charge is -1.91. The summed E-state index contributed by atoms with van der Waals surface area (Å²) in [6, 6.07) is 2.09. The van der Waals surface area contributed by atoms with Crippen molar-refractivity contribution in [3.05, 3.63) is 21.9 Å². The van der Waals surface area contributed by atoms with Crippen LogP contribution >= 0.6 is 11.3 Å². The van der Waals surface area contributed by atoms with Crippen molar-refractivity contribution < 1.29 is 4.79 Å². The summed E-state index contributed by atoms with van der Waals surface area (Å²) < 4.78 is 0. The normalized spacial score (nSPS) is 9.70. The SMILES string of the molecule is Cc1ccsc1CCC=O. The highest BCUT2D eigenvalue weighted by molar-refractivity contribution is 7.10. The van der Waals surface area contributed by atoms with Gasteiger partial charge in [0.1, 0.15) is 6.29 Å². The van der Waals surface area contributed by atoms with E-state index in [1.807, 2.05) is 0 Å². The molecule has 1 heterocycles. The van der Waals surface area contributed by atoms with Gasteiger partial charge in [-0.25, -0.2) is 0 Å². The van der Waals surface area contributed by atoms with Crippen LogP contribution in [0.5, 0.6) is 0 Å². The van der Waals surface area contributed by atoms with Crippen LogP contribution in [0.15, 0.2) is 11.4 Å². The number of aldehydes is 1. The number of thiophene rings is 1. The van der Waals surface area contributed by atoms with Crippen LogP contribution in [-0.2, 0) is 11.2 Å². The number of rotatable bonds is 3. The molecule has 1 aromatic rings. The minimum Gasteiger partial charge on any atom is -0.303 e. The molecule has 54 valence electrons. The Bertz CT molecular complexity index is 215. The highest BCUT2D eigenvalue weighted by Crippen LogP contribution is 2.16. The van der Waals surface area contributed by atoms with Crippen LogP contribution in [0, 0.1) is 6.92 Å². The summed E-state index contributed by atoms with van der Waals surface area (Å²) in [6.45, 7) is 2.08. The predicted octanol–water partition coefficient (Wildman–Crippen LogP) is 2.19. The summed E-state index contributed by atoms with van der Waals surface area (Å²) in [5.74, 6) is 0. The average molecular weight is 154 g/mol. The maximum absolute atomic E-state index is 10.0. The Labute approximate surface area is 64.7 Å². The predicted molar refractivity (Wildman–Crippen MR) is 43.4 cm³/mol. The highest BCUT2D eigenvalue weighted by Gasteiger charge is 1.97. The summed E-state index contributed by atoms with van der Waals surface area (Å²) in [5.41, 5.74) is 1.31. The van der Waals surface area contributed by atoms with E-state index >= 15 is 0 Å². The molecule has 0 unspecified atom stereocenters. The quantitative estimate of drug-likeness (QED) is 0.610. The largest absolute Gasteiger partial charge is 0.303 e. The average Bonchev–Trinajstić information content (AvgIpc) is 2.31. The second-order valence-corrected chi connectivity index (χ2v) is 3.23. The molecule has 0 bridgehead atoms. The van der Waals surface area contributed by atoms with Gasteiger partial charge in [-0.3, -0.25) is 0 Å². The van der Waals surface area contributed by atoms with Crippen molar-refractivity contribution in [1.82, 2.24) is 0 Å². The van der Waals surface area contributed by atoms with Gasteiger partial charge in [-0.15, -0.1) is 11.3 Å². The number of carbonyl (C=O) groups excluding carboxylic acids is 1. The minimum absolute atomic E-state index is 0.654. The molecule has 0 aromatic carbocycles. The molecule has 0 amide bonds. The molecular weight excluding hydrogens is 144 g/mol. The molecule has 0 aliphatic carbocycles. The molecule has 0 aliphatic rings. The van der Waals surface area contributed by atoms with Crippen LogP contribution in [0.2, 0.25) is 0 Å². The lowest BCUT2D eigenvalue weighted by atomic mass is 10.2. The molecule has 0 N–H and O–H groups in total. The molecule has 0 radical (unpaired) electrons. The van der Waals surface area contributed by atoms with Gasteiger partial charge in [0, 0.05) is 11.3 Å². The minimum atomic E-state index is 0.654. The number of aryl methyl sites for hydroxylation is 2. The molecule has 1 rings (SSSR count). The van der Waals surface area contributed by atoms with Crippen LogP contribution in [0.1, 0.15) is 16.9 Å². The first-order chi connectivity index (χ1) is 4.84. The Kier molecular flexibility index (Phi) is 2.63. The van der Waals surface area contributed by atoms with Gasteiger partial charge < -0.3 is 4.79 Å². The monoisotopic (exact) mass is 154 g/mol. The smallest absolute Gasteiger partial charge is 0.120 e. The summed E-state index contributed by atoms with van der Waals surface area (Å²) in [5, 5.41) is 2.06. The van der Waals surface area contributed by atoms with Crippen molar-refractivity contribution in [2.75, 3.05) is 0 Å². The summed E-state index contributed by atoms with van der Waals surface area (Å²) >= 11 is 1.73. The van der Waals surface area contributed by atoms with Crippen LogP contribution in [-0.4, -0.2) is 6.29 Å². The van der Waals surface area contributed by atoms with Crippen molar-refractivity contribution in [3.8, 4) is 0 Å². The van der Waals surface area contributed by atoms with Gasteiger partial charge in [-0.1, -0.05) is 0 Å². The Morgan fingerprint density at radius 1 is 1.70 bits per heavy atom. The molecule has 0 spiro atoms. The van der Waals surface area contributed by atoms with Crippen LogP contribution in [0.4, 0.5) is 0 Å². The number of hydrogen-bond donors (Lipinski definition) is 0. The third-order valence-corrected chi connectivity index (χ3v) is 2.54. The van der Waals surface area contributed by atoms with E-state index in [2.05, 4.69) is 18.4 Å². The fraction of sp³-hybridized carbons (Fsp3) is 0.375. The van der Waals surface area contributed by atoms with Gasteiger partial charge in [-0.05, 0) is 30.4 Å². The molecule has 0 atom stereocenters. The fourth-order valence-corrected chi connectivity index (χ4v) is 1.78. The van der Waals surface area contributed by atoms with E-state index in [1.54, 1.807) is 11.3 Å². The van der Waals surface area contributed by atoms with Crippen molar-refractivity contribution >= 4 is 17.6 Å². The Balaban J connectivity index is 2.56. The second-order valence-electron chi connectivity index (χ2n) is 2.23. The van der Waals surface area contributed by atoms with Crippen LogP contribution in [0.3, 0.4) is 0 Å². The first kappa shape index (κ1) is 7.48. The fourth-order valence-electron chi connectivity index (χ4n) is 0.850. The zero-order valence-electron chi connectivity index (χ0n) is 5.96. The van der Waals surface area contributed by atoms with E-state index in [9.17, 15) is 4.79 Å². The Morgan fingerprint density at radius 2 is 2.50 bits per heavy atom. The topological polar surface area (TPSA) is 17.1 Å². The molecule has 0 saturated carbocycles. The van der Waals surface area contributed by atoms with Gasteiger partial charge >= 0.3 is 0 Å². The van der Waals surface area contributed by atoms with E-state index in [-0.39, 0.29) is 0 Å². The van der Waals surface area contributed by atoms with Crippen molar-refractivity contribution in [3.63, 3.8) is 0 Å². The highest BCUT2D eigenvalue weighted by atomic mass is 32.1. The van der Waals surface area contributed by atoms with Gasteiger partial charge in [0.15, 0.2) is 0 Å². The third kappa shape index (κ3) is 1.67. The lowest BCUT2D eigenvalue weighted by Crippen LogP contribution is -1.83. The van der Waals surface area contributed by atoms with E-state index in [0.29, 0.717) is 6.42 Å². The van der Waals surface area contributed by atoms with E-state index < -0.39 is 0 Å². The Morgan fingerprint density at radius 3 is 3.00 bits per heavy atom. The third-order valence-electron chi connectivity index (χ3n) is 1.46. The zero-order chi connectivity index (χ0) is 7.40. The lowest BCUT2D eigenvalue weighted by molar-refractivity contribution is -0.107. The first-order valence-corrected chi connectivity index (χ1v) is 4.19. The summed E-state index contributed by atoms with van der Waals surface area (Å²) in [6.07, 6.45) is 2.54. The maximum Gasteiger partial charge on any atom is 0.120 e. The molecule has 1 aromatic heterocycles. The van der Waals surface area contributed by atoms with Crippen LogP contribution in [0.25, 0.3) is 0 Å². The van der Waals surface area contributed by atoms with E-state index in [4.69, 9.17) is 0 Å². The maximum atomic E-state index is 10.0. The van der Waals surface area contributed by atoms with E-state index in [1.165, 1.54) is 10.4 Å². The molecule has 0 fully saturated rings. The molecule has 0 saturated heterocycles. The van der Waals surface area contributed by atoms with Gasteiger partial charge in [0.25, 0.3) is 0 Å². The number of hydrogen-bond acceptors (Lipinski definition) is 2. The molecule has 0 aliphatic heterocycles. The summed E-state index contributed by atoms with van der Waals surface area (Å²) in [7, 11) is 0. The van der Waals surface area contributed by atoms with E-state index in [0.717, 1.165) is 12.7 Å². The van der Waals surface area contributed by atoms with Crippen molar-refractivity contribution in [1.29, 1.82) is 0 Å². The number of carbonyl (C=O) groups is 1.